The number of carbonyl (C=O) groups is 1. The number of pyridine rings is 1. The first-order valence-electron chi connectivity index (χ1n) is 17.3. The first-order valence-corrected chi connectivity index (χ1v) is 18.1. The van der Waals surface area contributed by atoms with E-state index < -0.39 is 0 Å². The van der Waals surface area contributed by atoms with Crippen LogP contribution in [0, 0.1) is 30.2 Å². The predicted molar refractivity (Wildman–Crippen MR) is 202 cm³/mol. The number of hydrogen-bond donors (Lipinski definition) is 1. The maximum Gasteiger partial charge on any atom is 0.188 e. The third-order valence-corrected chi connectivity index (χ3v) is 10.3. The minimum atomic E-state index is 0. The number of hydrogen-bond acceptors (Lipinski definition) is 5. The van der Waals surface area contributed by atoms with Crippen LogP contribution in [0.3, 0.4) is 0 Å². The fraction of sp³-hybridized carbons (Fsp3) is 0.476. The second-order valence-corrected chi connectivity index (χ2v) is 16.1. The van der Waals surface area contributed by atoms with Gasteiger partial charge in [-0.2, -0.15) is 0 Å². The molecule has 48 heavy (non-hydrogen) atoms. The molecule has 5 aromatic rings. The number of allylic oxidation sites excluding steroid dienone is 2. The van der Waals surface area contributed by atoms with E-state index in [1.807, 2.05) is 33.9 Å². The Bertz CT molecular complexity index is 1870. The van der Waals surface area contributed by atoms with Crippen LogP contribution < -0.4 is 0 Å². The summed E-state index contributed by atoms with van der Waals surface area (Å²) in [7, 11) is 0. The van der Waals surface area contributed by atoms with Crippen molar-refractivity contribution in [3.63, 3.8) is 0 Å². The van der Waals surface area contributed by atoms with Crippen molar-refractivity contribution in [2.75, 3.05) is 0 Å². The average Bonchev–Trinajstić information content (AvgIpc) is 3.52. The molecular weight excluding hydrogens is 791 g/mol. The minimum Gasteiger partial charge on any atom is -0.512 e. The van der Waals surface area contributed by atoms with E-state index in [1.54, 1.807) is 11.3 Å². The molecule has 0 spiro atoms. The molecule has 0 bridgehead atoms. The Morgan fingerprint density at radius 2 is 1.58 bits per heavy atom. The summed E-state index contributed by atoms with van der Waals surface area (Å²) in [5.74, 6) is 1.65. The Morgan fingerprint density at radius 3 is 2.17 bits per heavy atom. The maximum atomic E-state index is 11.7. The first kappa shape index (κ1) is 39.6. The first-order chi connectivity index (χ1) is 22.1. The molecule has 261 valence electrons. The molecule has 0 saturated carbocycles. The van der Waals surface area contributed by atoms with Crippen molar-refractivity contribution in [3.8, 4) is 11.3 Å². The van der Waals surface area contributed by atoms with Crippen LogP contribution in [0.2, 0.25) is 0 Å². The van der Waals surface area contributed by atoms with Crippen LogP contribution in [-0.4, -0.2) is 15.9 Å². The van der Waals surface area contributed by atoms with Gasteiger partial charge < -0.3 is 9.52 Å². The summed E-state index contributed by atoms with van der Waals surface area (Å²) in [6, 6.07) is 16.6. The van der Waals surface area contributed by atoms with Crippen LogP contribution in [0.25, 0.3) is 42.4 Å². The van der Waals surface area contributed by atoms with Gasteiger partial charge in [-0.25, -0.2) is 0 Å². The zero-order valence-electron chi connectivity index (χ0n) is 30.8. The molecule has 0 unspecified atom stereocenters. The van der Waals surface area contributed by atoms with E-state index in [-0.39, 0.29) is 54.3 Å². The number of aromatic nitrogens is 1. The summed E-state index contributed by atoms with van der Waals surface area (Å²) < 4.78 is 7.56. The summed E-state index contributed by atoms with van der Waals surface area (Å²) >= 11 is 1.71. The number of nitrogens with zero attached hydrogens (tertiary/aromatic N) is 1. The molecule has 0 saturated heterocycles. The smallest absolute Gasteiger partial charge is 0.188 e. The normalized spacial score (nSPS) is 12.6. The number of thiophene rings is 1. The fourth-order valence-electron chi connectivity index (χ4n) is 6.36. The number of aryl methyl sites for hydroxylation is 1. The number of aliphatic hydroxyl groups excluding tert-OH is 1. The molecule has 3 heterocycles. The summed E-state index contributed by atoms with van der Waals surface area (Å²) in [4.78, 5) is 17.5. The van der Waals surface area contributed by atoms with Crippen molar-refractivity contribution in [3.05, 3.63) is 77.4 Å². The van der Waals surface area contributed by atoms with Crippen molar-refractivity contribution in [1.82, 2.24) is 4.98 Å². The van der Waals surface area contributed by atoms with Crippen molar-refractivity contribution < 1.29 is 34.4 Å². The summed E-state index contributed by atoms with van der Waals surface area (Å²) in [6.07, 6.45) is 7.77. The maximum absolute atomic E-state index is 11.7. The molecule has 0 fully saturated rings. The van der Waals surface area contributed by atoms with E-state index in [0.717, 1.165) is 59.4 Å². The molecule has 6 heteroatoms. The van der Waals surface area contributed by atoms with Crippen LogP contribution in [0.5, 0.6) is 0 Å². The Labute approximate surface area is 305 Å². The zero-order chi connectivity index (χ0) is 34.7. The summed E-state index contributed by atoms with van der Waals surface area (Å²) in [5.41, 5.74) is 4.85. The van der Waals surface area contributed by atoms with E-state index in [2.05, 4.69) is 90.9 Å². The Morgan fingerprint density at radius 1 is 0.958 bits per heavy atom. The van der Waals surface area contributed by atoms with Gasteiger partial charge in [0.05, 0.1) is 5.76 Å². The minimum absolute atomic E-state index is 0. The van der Waals surface area contributed by atoms with Gasteiger partial charge in [-0.15, -0.1) is 40.5 Å². The van der Waals surface area contributed by atoms with Gasteiger partial charge in [-0.05, 0) is 55.1 Å². The Kier molecular flexibility index (Phi) is 13.4. The van der Waals surface area contributed by atoms with Gasteiger partial charge in [-0.3, -0.25) is 9.78 Å². The van der Waals surface area contributed by atoms with Crippen LogP contribution in [0.1, 0.15) is 112 Å². The topological polar surface area (TPSA) is 63.3 Å². The average molecular weight is 845 g/mol. The molecule has 1 radical (unpaired) electrons. The number of fused-ring (bicyclic) bond motifs is 4. The number of ketones is 1. The van der Waals surface area contributed by atoms with E-state index in [1.165, 1.54) is 38.1 Å². The zero-order valence-corrected chi connectivity index (χ0v) is 34.0. The molecule has 0 aliphatic heterocycles. The standard InChI is InChI=1S/C29H30NOS.C13H24O2.Ir/c1-17-23(16-28(2,3)4)31-27-24(17)21-12-13-30-25(26(21)32-27)19-14-18-10-8-9-11-20(18)22(15-19)29(5,6)7;1-5-10(6-2)12(14)9-13(15)11(7-3)8-4;/h8-13,15H,16H2,1-7H3;9-11,14H,5-8H2,1-4H3;/q-1;;/b;12-9-;. The van der Waals surface area contributed by atoms with Crippen molar-refractivity contribution in [2.45, 2.75) is 114 Å². The monoisotopic (exact) mass is 845 g/mol. The van der Waals surface area contributed by atoms with E-state index in [9.17, 15) is 9.90 Å². The largest absolute Gasteiger partial charge is 0.512 e. The molecule has 0 aliphatic carbocycles. The van der Waals surface area contributed by atoms with Crippen LogP contribution in [-0.2, 0) is 36.7 Å². The molecule has 1 N–H and O–H groups in total. The van der Waals surface area contributed by atoms with Gasteiger partial charge in [0, 0.05) is 71.8 Å². The van der Waals surface area contributed by atoms with Crippen LogP contribution in [0.4, 0.5) is 0 Å². The number of carbonyl (C=O) groups excluding carboxylic acids is 1. The van der Waals surface area contributed by atoms with Gasteiger partial charge in [0.15, 0.2) is 10.7 Å². The Balaban J connectivity index is 0.000000334. The van der Waals surface area contributed by atoms with E-state index >= 15 is 0 Å². The van der Waals surface area contributed by atoms with Crippen molar-refractivity contribution in [2.24, 2.45) is 17.3 Å². The fourth-order valence-corrected chi connectivity index (χ4v) is 7.59. The van der Waals surface area contributed by atoms with Gasteiger partial charge in [-0.1, -0.05) is 98.4 Å². The van der Waals surface area contributed by atoms with Gasteiger partial charge in [0.25, 0.3) is 0 Å². The van der Waals surface area contributed by atoms with Crippen molar-refractivity contribution >= 4 is 48.3 Å². The molecule has 5 rings (SSSR count). The number of benzene rings is 2. The molecule has 3 aromatic heterocycles. The molecule has 0 aliphatic rings. The third-order valence-electron chi connectivity index (χ3n) is 9.19. The molecule has 4 nitrogen and oxygen atoms in total. The van der Waals surface area contributed by atoms with Gasteiger partial charge in [0.2, 0.25) is 0 Å². The molecule has 0 amide bonds. The summed E-state index contributed by atoms with van der Waals surface area (Å²) in [5, 5.41) is 14.6. The SMILES string of the molecule is CCC(CC)C(=O)/C=C(\O)C(CC)CC.Cc1c(CC(C)(C)C)oc2sc3c(-c4[c-]c5ccccc5c(C(C)(C)C)c4)nccc3c12.[Ir]. The van der Waals surface area contributed by atoms with E-state index in [0.29, 0.717) is 0 Å². The Hall–Kier alpha value is -2.79. The van der Waals surface area contributed by atoms with Gasteiger partial charge in [0.1, 0.15) is 5.76 Å². The molecular formula is C42H54IrNO3S-. The quantitative estimate of drug-likeness (QED) is 0.0912. The summed E-state index contributed by atoms with van der Waals surface area (Å²) in [6.45, 7) is 23.8. The van der Waals surface area contributed by atoms with Crippen LogP contribution >= 0.6 is 11.3 Å². The second-order valence-electron chi connectivity index (χ2n) is 15.1. The van der Waals surface area contributed by atoms with E-state index in [4.69, 9.17) is 9.40 Å². The van der Waals surface area contributed by atoms with Crippen molar-refractivity contribution in [1.29, 1.82) is 0 Å². The molecule has 0 atom stereocenters. The third kappa shape index (κ3) is 8.86. The number of furan rings is 1. The number of aliphatic hydroxyl groups is 1. The molecule has 2 aromatic carbocycles. The number of rotatable bonds is 9. The second kappa shape index (κ2) is 16.3. The van der Waals surface area contributed by atoms with Crippen LogP contribution in [0.15, 0.2) is 58.8 Å². The van der Waals surface area contributed by atoms with Gasteiger partial charge >= 0.3 is 0 Å². The predicted octanol–water partition coefficient (Wildman–Crippen LogP) is 12.7.